The van der Waals surface area contributed by atoms with E-state index in [1.54, 1.807) is 4.90 Å². The van der Waals surface area contributed by atoms with Gasteiger partial charge in [-0.1, -0.05) is 31.5 Å². The number of carbonyl (C=O) groups excluding carboxylic acids is 1. The molecule has 0 spiro atoms. The fraction of sp³-hybridized carbons (Fsp3) is 0.647. The number of likely N-dealkylation sites (N-methyl/N-ethyl adjacent to an activating group) is 1. The van der Waals surface area contributed by atoms with Crippen LogP contribution in [-0.4, -0.2) is 43.3 Å². The molecule has 0 aromatic carbocycles. The van der Waals surface area contributed by atoms with E-state index in [1.807, 2.05) is 13.2 Å². The molecule has 0 radical (unpaired) electrons. The second-order valence-electron chi connectivity index (χ2n) is 7.07. The number of amides is 1. The lowest BCUT2D eigenvalue weighted by molar-refractivity contribution is -0.126. The molecule has 0 fully saturated rings. The van der Waals surface area contributed by atoms with Crippen LogP contribution in [0.15, 0.2) is 28.0 Å². The van der Waals surface area contributed by atoms with Crippen LogP contribution in [0, 0.1) is 23.7 Å². The molecule has 0 aromatic heterocycles. The molecule has 23 heavy (non-hydrogen) atoms. The number of fused-ring (bicyclic) bond motifs is 1. The minimum Gasteiger partial charge on any atom is -0.380 e. The second kappa shape index (κ2) is 6.56. The van der Waals surface area contributed by atoms with Gasteiger partial charge in [-0.15, -0.1) is 0 Å². The zero-order chi connectivity index (χ0) is 16.6. The molecular formula is C17H25ClN4O. The van der Waals surface area contributed by atoms with Gasteiger partial charge in [0.1, 0.15) is 5.84 Å². The third kappa shape index (κ3) is 3.25. The third-order valence-electron chi connectivity index (χ3n) is 4.77. The molecule has 0 aliphatic carbocycles. The summed E-state index contributed by atoms with van der Waals surface area (Å²) < 4.78 is 0. The van der Waals surface area contributed by atoms with E-state index in [9.17, 15) is 4.79 Å². The van der Waals surface area contributed by atoms with Crippen LogP contribution in [0.25, 0.3) is 0 Å². The first kappa shape index (κ1) is 16.4. The highest BCUT2D eigenvalue weighted by molar-refractivity contribution is 6.30. The predicted molar refractivity (Wildman–Crippen MR) is 93.0 cm³/mol. The van der Waals surface area contributed by atoms with E-state index in [-0.39, 0.29) is 17.7 Å². The molecular weight excluding hydrogens is 312 g/mol. The summed E-state index contributed by atoms with van der Waals surface area (Å²) in [5.74, 6) is 2.37. The highest BCUT2D eigenvalue weighted by atomic mass is 35.5. The fourth-order valence-corrected chi connectivity index (χ4v) is 4.16. The van der Waals surface area contributed by atoms with Crippen LogP contribution >= 0.6 is 11.6 Å². The van der Waals surface area contributed by atoms with E-state index in [0.717, 1.165) is 36.9 Å². The molecule has 2 N–H and O–H groups in total. The number of nitrogens with zero attached hydrogens (tertiary/aromatic N) is 2. The number of hydrogen-bond donors (Lipinski definition) is 2. The van der Waals surface area contributed by atoms with Crippen LogP contribution in [0.3, 0.4) is 0 Å². The second-order valence-corrected chi connectivity index (χ2v) is 7.50. The first-order valence-electron chi connectivity index (χ1n) is 8.35. The van der Waals surface area contributed by atoms with Crippen LogP contribution in [0.2, 0.25) is 0 Å². The highest BCUT2D eigenvalue weighted by Gasteiger charge is 2.40. The lowest BCUT2D eigenvalue weighted by Crippen LogP contribution is -2.39. The number of nitrogens with one attached hydrogen (secondary N) is 2. The molecule has 3 rings (SSSR count). The molecule has 126 valence electrons. The van der Waals surface area contributed by atoms with Crippen molar-refractivity contribution in [3.05, 3.63) is 23.0 Å². The van der Waals surface area contributed by atoms with Crippen molar-refractivity contribution in [2.45, 2.75) is 20.3 Å². The van der Waals surface area contributed by atoms with Crippen molar-refractivity contribution in [2.75, 3.05) is 26.7 Å². The average molecular weight is 337 g/mol. The molecule has 0 saturated carbocycles. The minimum atomic E-state index is 0.0653. The summed E-state index contributed by atoms with van der Waals surface area (Å²) in [6, 6.07) is 0. The maximum Gasteiger partial charge on any atom is 0.269 e. The summed E-state index contributed by atoms with van der Waals surface area (Å²) >= 11 is 6.48. The van der Waals surface area contributed by atoms with E-state index in [4.69, 9.17) is 11.6 Å². The molecule has 3 atom stereocenters. The summed E-state index contributed by atoms with van der Waals surface area (Å²) in [7, 11) is 1.86. The summed E-state index contributed by atoms with van der Waals surface area (Å²) in [6.07, 6.45) is 4.95. The molecule has 0 aromatic rings. The number of carbonyl (C=O) groups is 1. The molecule has 1 amide bonds. The van der Waals surface area contributed by atoms with Gasteiger partial charge in [-0.25, -0.2) is 0 Å². The molecule has 3 heterocycles. The van der Waals surface area contributed by atoms with Crippen molar-refractivity contribution >= 4 is 23.3 Å². The maximum absolute atomic E-state index is 12.5. The Balaban J connectivity index is 1.74. The largest absolute Gasteiger partial charge is 0.380 e. The molecule has 3 aliphatic heterocycles. The number of rotatable bonds is 4. The summed E-state index contributed by atoms with van der Waals surface area (Å²) in [5.41, 5.74) is 0.706. The number of amidine groups is 1. The first-order valence-corrected chi connectivity index (χ1v) is 8.72. The van der Waals surface area contributed by atoms with Crippen LogP contribution in [-0.2, 0) is 4.79 Å². The van der Waals surface area contributed by atoms with Crippen LogP contribution in [0.1, 0.15) is 20.3 Å². The van der Waals surface area contributed by atoms with Crippen LogP contribution < -0.4 is 10.6 Å². The van der Waals surface area contributed by atoms with E-state index < -0.39 is 0 Å². The molecule has 6 heteroatoms. The zero-order valence-electron chi connectivity index (χ0n) is 14.0. The van der Waals surface area contributed by atoms with Crippen molar-refractivity contribution in [1.82, 2.24) is 15.5 Å². The van der Waals surface area contributed by atoms with Gasteiger partial charge >= 0.3 is 0 Å². The molecule has 3 aliphatic rings. The average Bonchev–Trinajstić information content (AvgIpc) is 3.14. The first-order chi connectivity index (χ1) is 11.0. The third-order valence-corrected chi connectivity index (χ3v) is 5.13. The van der Waals surface area contributed by atoms with Gasteiger partial charge in [0.25, 0.3) is 5.91 Å². The SMILES string of the molecule is CC(C)CN(C)C(=O)C1=CC(C2C(Cl)=CNC3=NCCC32)CN1. The van der Waals surface area contributed by atoms with Gasteiger partial charge in [0.05, 0.1) is 5.70 Å². The van der Waals surface area contributed by atoms with Crippen LogP contribution in [0.4, 0.5) is 0 Å². The summed E-state index contributed by atoms with van der Waals surface area (Å²) in [4.78, 5) is 18.8. The maximum atomic E-state index is 12.5. The van der Waals surface area contributed by atoms with E-state index in [1.165, 1.54) is 0 Å². The normalized spacial score (nSPS) is 29.3. The van der Waals surface area contributed by atoms with E-state index in [0.29, 0.717) is 17.5 Å². The van der Waals surface area contributed by atoms with Gasteiger partial charge in [0.15, 0.2) is 0 Å². The van der Waals surface area contributed by atoms with Gasteiger partial charge in [-0.2, -0.15) is 0 Å². The van der Waals surface area contributed by atoms with Crippen molar-refractivity contribution in [1.29, 1.82) is 0 Å². The molecule has 0 saturated heterocycles. The summed E-state index contributed by atoms with van der Waals surface area (Å²) in [5, 5.41) is 7.32. The Labute approximate surface area is 142 Å². The van der Waals surface area contributed by atoms with E-state index >= 15 is 0 Å². The Kier molecular flexibility index (Phi) is 4.67. The Bertz CT molecular complexity index is 581. The minimum absolute atomic E-state index is 0.0653. The number of allylic oxidation sites excluding steroid dienone is 1. The Hall–Kier alpha value is -1.49. The Morgan fingerprint density at radius 2 is 2.30 bits per heavy atom. The lowest BCUT2D eigenvalue weighted by atomic mass is 9.78. The predicted octanol–water partition coefficient (Wildman–Crippen LogP) is 1.92. The van der Waals surface area contributed by atoms with Crippen molar-refractivity contribution < 1.29 is 4.79 Å². The number of aliphatic imine (C=N–C) groups is 1. The van der Waals surface area contributed by atoms with Gasteiger partial charge in [-0.05, 0) is 12.3 Å². The van der Waals surface area contributed by atoms with Crippen LogP contribution in [0.5, 0.6) is 0 Å². The molecule has 5 nitrogen and oxygen atoms in total. The smallest absolute Gasteiger partial charge is 0.269 e. The summed E-state index contributed by atoms with van der Waals surface area (Å²) in [6.45, 7) is 6.60. The van der Waals surface area contributed by atoms with Crippen molar-refractivity contribution in [3.8, 4) is 0 Å². The van der Waals surface area contributed by atoms with E-state index in [2.05, 4.69) is 35.5 Å². The van der Waals surface area contributed by atoms with Gasteiger partial charge < -0.3 is 15.5 Å². The van der Waals surface area contributed by atoms with Crippen molar-refractivity contribution in [3.63, 3.8) is 0 Å². The van der Waals surface area contributed by atoms with Gasteiger partial charge in [-0.3, -0.25) is 9.79 Å². The number of hydrogen-bond acceptors (Lipinski definition) is 4. The standard InChI is InChI=1S/C17H25ClN4O/c1-10(2)9-22(3)17(23)14-6-11(7-20-14)15-12-4-5-19-16(12)21-8-13(15)18/h6,8,10-12,15,20H,4-5,7,9H2,1-3H3,(H,19,21). The highest BCUT2D eigenvalue weighted by Crippen LogP contribution is 2.40. The fourth-order valence-electron chi connectivity index (χ4n) is 3.79. The Morgan fingerprint density at radius 3 is 3.04 bits per heavy atom. The van der Waals surface area contributed by atoms with Crippen molar-refractivity contribution in [2.24, 2.45) is 28.7 Å². The molecule has 3 unspecified atom stereocenters. The quantitative estimate of drug-likeness (QED) is 0.824. The lowest BCUT2D eigenvalue weighted by Gasteiger charge is -2.32. The zero-order valence-corrected chi connectivity index (χ0v) is 14.7. The monoisotopic (exact) mass is 336 g/mol. The topological polar surface area (TPSA) is 56.7 Å². The Morgan fingerprint density at radius 1 is 1.52 bits per heavy atom. The number of halogens is 1. The van der Waals surface area contributed by atoms with Gasteiger partial charge in [0, 0.05) is 55.7 Å². The molecule has 0 bridgehead atoms. The van der Waals surface area contributed by atoms with Gasteiger partial charge in [0.2, 0.25) is 0 Å².